The van der Waals surface area contributed by atoms with Gasteiger partial charge in [-0.3, -0.25) is 4.79 Å². The third-order valence-corrected chi connectivity index (χ3v) is 3.12. The topological polar surface area (TPSA) is 69.9 Å². The molecule has 0 spiro atoms. The predicted molar refractivity (Wildman–Crippen MR) is 52.5 cm³/mol. The molecule has 4 nitrogen and oxygen atoms in total. The molecule has 2 atom stereocenters. The van der Waals surface area contributed by atoms with Crippen molar-refractivity contribution in [1.82, 2.24) is 0 Å². The SMILES string of the molecule is C/C(=N/O)[C@]1(C)CC=CC[C@@H]1C(=O)O. The second kappa shape index (κ2) is 3.82. The highest BCUT2D eigenvalue weighted by Gasteiger charge is 2.42. The molecule has 0 aromatic heterocycles. The number of carboxylic acids is 1. The van der Waals surface area contributed by atoms with Gasteiger partial charge in [0.05, 0.1) is 11.6 Å². The summed E-state index contributed by atoms with van der Waals surface area (Å²) in [5.41, 5.74) is -0.0794. The van der Waals surface area contributed by atoms with Crippen LogP contribution in [-0.4, -0.2) is 22.0 Å². The summed E-state index contributed by atoms with van der Waals surface area (Å²) in [6.07, 6.45) is 4.91. The molecule has 0 aromatic rings. The van der Waals surface area contributed by atoms with Gasteiger partial charge in [0.25, 0.3) is 0 Å². The van der Waals surface area contributed by atoms with Gasteiger partial charge in [-0.05, 0) is 19.8 Å². The Bertz CT molecular complexity index is 296. The molecular formula is C10H15NO3. The number of allylic oxidation sites excluding steroid dienone is 2. The molecule has 2 N–H and O–H groups in total. The predicted octanol–water partition coefficient (Wildman–Crippen LogP) is 1.89. The molecule has 1 aliphatic carbocycles. The minimum absolute atomic E-state index is 0.481. The smallest absolute Gasteiger partial charge is 0.307 e. The first kappa shape index (κ1) is 10.8. The fourth-order valence-corrected chi connectivity index (χ4v) is 1.85. The maximum atomic E-state index is 11.0. The molecule has 4 heteroatoms. The lowest BCUT2D eigenvalue weighted by atomic mass is 9.67. The molecule has 0 amide bonds. The van der Waals surface area contributed by atoms with Crippen LogP contribution in [0.2, 0.25) is 0 Å². The number of aliphatic carboxylic acids is 1. The summed E-state index contributed by atoms with van der Waals surface area (Å²) in [6, 6.07) is 0. The van der Waals surface area contributed by atoms with Crippen LogP contribution < -0.4 is 0 Å². The molecule has 14 heavy (non-hydrogen) atoms. The van der Waals surface area contributed by atoms with Crippen molar-refractivity contribution in [2.45, 2.75) is 26.7 Å². The van der Waals surface area contributed by atoms with E-state index in [1.54, 1.807) is 6.92 Å². The monoisotopic (exact) mass is 197 g/mol. The van der Waals surface area contributed by atoms with Crippen LogP contribution >= 0.6 is 0 Å². The van der Waals surface area contributed by atoms with Crippen LogP contribution in [0.4, 0.5) is 0 Å². The van der Waals surface area contributed by atoms with Crippen molar-refractivity contribution >= 4 is 11.7 Å². The van der Waals surface area contributed by atoms with Crippen LogP contribution in [0, 0.1) is 11.3 Å². The first-order valence-electron chi connectivity index (χ1n) is 4.59. The molecular weight excluding hydrogens is 182 g/mol. The zero-order valence-corrected chi connectivity index (χ0v) is 8.40. The van der Waals surface area contributed by atoms with Crippen molar-refractivity contribution in [2.24, 2.45) is 16.5 Å². The fraction of sp³-hybridized carbons (Fsp3) is 0.600. The number of carbonyl (C=O) groups is 1. The van der Waals surface area contributed by atoms with Crippen molar-refractivity contribution < 1.29 is 15.1 Å². The van der Waals surface area contributed by atoms with Gasteiger partial charge < -0.3 is 10.3 Å². The highest BCUT2D eigenvalue weighted by molar-refractivity contribution is 5.92. The molecule has 1 aliphatic rings. The number of hydrogen-bond acceptors (Lipinski definition) is 3. The standard InChI is InChI=1S/C10H15NO3/c1-7(11-14)10(2)6-4-3-5-8(10)9(12)13/h3-4,8,14H,5-6H2,1-2H3,(H,12,13)/b11-7-/t8-,10+/m1/s1. The van der Waals surface area contributed by atoms with E-state index in [2.05, 4.69) is 5.16 Å². The second-order valence-corrected chi connectivity index (χ2v) is 3.90. The highest BCUT2D eigenvalue weighted by atomic mass is 16.4. The van der Waals surface area contributed by atoms with Crippen LogP contribution in [0.25, 0.3) is 0 Å². The van der Waals surface area contributed by atoms with E-state index in [9.17, 15) is 4.79 Å². The van der Waals surface area contributed by atoms with E-state index in [1.807, 2.05) is 19.1 Å². The lowest BCUT2D eigenvalue weighted by molar-refractivity contribution is -0.144. The van der Waals surface area contributed by atoms with Crippen molar-refractivity contribution in [3.8, 4) is 0 Å². The van der Waals surface area contributed by atoms with Crippen LogP contribution in [0.5, 0.6) is 0 Å². The zero-order valence-electron chi connectivity index (χ0n) is 8.40. The quantitative estimate of drug-likeness (QED) is 0.307. The van der Waals surface area contributed by atoms with Gasteiger partial charge in [-0.1, -0.05) is 24.2 Å². The number of carboxylic acid groups (broad SMARTS) is 1. The lowest BCUT2D eigenvalue weighted by Crippen LogP contribution is -2.40. The van der Waals surface area contributed by atoms with Gasteiger partial charge in [-0.15, -0.1) is 0 Å². The summed E-state index contributed by atoms with van der Waals surface area (Å²) < 4.78 is 0. The maximum Gasteiger partial charge on any atom is 0.307 e. The Morgan fingerprint density at radius 3 is 2.71 bits per heavy atom. The van der Waals surface area contributed by atoms with Crippen LogP contribution in [0.3, 0.4) is 0 Å². The van der Waals surface area contributed by atoms with Gasteiger partial charge in [0.15, 0.2) is 0 Å². The van der Waals surface area contributed by atoms with Crippen LogP contribution in [0.15, 0.2) is 17.3 Å². The van der Waals surface area contributed by atoms with E-state index >= 15 is 0 Å². The first-order valence-corrected chi connectivity index (χ1v) is 4.59. The second-order valence-electron chi connectivity index (χ2n) is 3.90. The van der Waals surface area contributed by atoms with E-state index < -0.39 is 17.3 Å². The molecule has 0 heterocycles. The van der Waals surface area contributed by atoms with Crippen molar-refractivity contribution in [2.75, 3.05) is 0 Å². The van der Waals surface area contributed by atoms with Crippen LogP contribution in [-0.2, 0) is 4.79 Å². The summed E-state index contributed by atoms with van der Waals surface area (Å²) >= 11 is 0. The Labute approximate surface area is 82.9 Å². The number of nitrogens with zero attached hydrogens (tertiary/aromatic N) is 1. The molecule has 0 saturated heterocycles. The van der Waals surface area contributed by atoms with E-state index in [-0.39, 0.29) is 0 Å². The molecule has 0 bridgehead atoms. The Balaban J connectivity index is 3.04. The van der Waals surface area contributed by atoms with E-state index in [0.717, 1.165) is 0 Å². The molecule has 0 aliphatic heterocycles. The maximum absolute atomic E-state index is 11.0. The Morgan fingerprint density at radius 2 is 2.21 bits per heavy atom. The first-order chi connectivity index (χ1) is 6.52. The summed E-state index contributed by atoms with van der Waals surface area (Å²) in [7, 11) is 0. The van der Waals surface area contributed by atoms with Crippen LogP contribution in [0.1, 0.15) is 26.7 Å². The third-order valence-electron chi connectivity index (χ3n) is 3.12. The number of hydrogen-bond donors (Lipinski definition) is 2. The summed E-state index contributed by atoms with van der Waals surface area (Å²) in [4.78, 5) is 11.0. The lowest BCUT2D eigenvalue weighted by Gasteiger charge is -2.35. The van der Waals surface area contributed by atoms with Gasteiger partial charge in [0.1, 0.15) is 0 Å². The molecule has 78 valence electrons. The number of oxime groups is 1. The number of rotatable bonds is 2. The Morgan fingerprint density at radius 1 is 1.57 bits per heavy atom. The summed E-state index contributed by atoms with van der Waals surface area (Å²) in [5.74, 6) is -1.33. The van der Waals surface area contributed by atoms with Gasteiger partial charge in [-0.25, -0.2) is 0 Å². The normalized spacial score (nSPS) is 33.0. The van der Waals surface area contributed by atoms with Gasteiger partial charge >= 0.3 is 5.97 Å². The molecule has 0 radical (unpaired) electrons. The van der Waals surface area contributed by atoms with Crippen molar-refractivity contribution in [3.05, 3.63) is 12.2 Å². The molecule has 0 fully saturated rings. The fourth-order valence-electron chi connectivity index (χ4n) is 1.85. The van der Waals surface area contributed by atoms with E-state index in [4.69, 9.17) is 10.3 Å². The largest absolute Gasteiger partial charge is 0.481 e. The molecule has 1 rings (SSSR count). The molecule has 0 saturated carbocycles. The Hall–Kier alpha value is -1.32. The average molecular weight is 197 g/mol. The van der Waals surface area contributed by atoms with Gasteiger partial charge in [-0.2, -0.15) is 0 Å². The molecule has 0 unspecified atom stereocenters. The highest BCUT2D eigenvalue weighted by Crippen LogP contribution is 2.39. The van der Waals surface area contributed by atoms with Crippen molar-refractivity contribution in [1.29, 1.82) is 0 Å². The minimum Gasteiger partial charge on any atom is -0.481 e. The molecule has 0 aromatic carbocycles. The zero-order chi connectivity index (χ0) is 10.8. The van der Waals surface area contributed by atoms with E-state index in [1.165, 1.54) is 0 Å². The average Bonchev–Trinajstić information content (AvgIpc) is 2.16. The van der Waals surface area contributed by atoms with E-state index in [0.29, 0.717) is 18.6 Å². The van der Waals surface area contributed by atoms with Gasteiger partial charge in [0, 0.05) is 5.41 Å². The third kappa shape index (κ3) is 1.64. The summed E-state index contributed by atoms with van der Waals surface area (Å²) in [6.45, 7) is 3.49. The summed E-state index contributed by atoms with van der Waals surface area (Å²) in [5, 5.41) is 20.9. The van der Waals surface area contributed by atoms with Gasteiger partial charge in [0.2, 0.25) is 0 Å². The minimum atomic E-state index is -0.833. The van der Waals surface area contributed by atoms with Crippen molar-refractivity contribution in [3.63, 3.8) is 0 Å². The Kier molecular flexibility index (Phi) is 2.93.